The van der Waals surface area contributed by atoms with Crippen LogP contribution in [0.4, 0.5) is 0 Å². The van der Waals surface area contributed by atoms with Crippen molar-refractivity contribution in [2.24, 2.45) is 23.7 Å². The average Bonchev–Trinajstić information content (AvgIpc) is 3.16. The Morgan fingerprint density at radius 1 is 1.11 bits per heavy atom. The minimum atomic E-state index is -2.03. The number of esters is 1. The Morgan fingerprint density at radius 2 is 1.85 bits per heavy atom. The van der Waals surface area contributed by atoms with E-state index in [-0.39, 0.29) is 49.2 Å². The minimum Gasteiger partial charge on any atom is -0.504 e. The molecular formula is C37H42O9. The van der Waals surface area contributed by atoms with Gasteiger partial charge in [-0.1, -0.05) is 67.6 Å². The summed E-state index contributed by atoms with van der Waals surface area (Å²) in [7, 11) is 1.43. The summed E-state index contributed by atoms with van der Waals surface area (Å²) in [5, 5.41) is 34.3. The molecule has 1 saturated carbocycles. The van der Waals surface area contributed by atoms with E-state index in [9.17, 15) is 24.9 Å². The highest BCUT2D eigenvalue weighted by Crippen LogP contribution is 2.62. The van der Waals surface area contributed by atoms with Gasteiger partial charge in [0.25, 0.3) is 5.97 Å². The summed E-state index contributed by atoms with van der Waals surface area (Å²) < 4.78 is 24.2. The van der Waals surface area contributed by atoms with Crippen LogP contribution in [-0.4, -0.2) is 64.1 Å². The van der Waals surface area contributed by atoms with Crippen LogP contribution in [0.2, 0.25) is 0 Å². The number of fused-ring (bicyclic) bond motifs is 1. The highest BCUT2D eigenvalue weighted by molar-refractivity contribution is 6.04. The van der Waals surface area contributed by atoms with Crippen molar-refractivity contribution in [3.63, 3.8) is 0 Å². The molecule has 0 aromatic heterocycles. The molecule has 3 N–H and O–H groups in total. The maximum atomic E-state index is 13.7. The monoisotopic (exact) mass is 630 g/mol. The number of ether oxygens (including phenoxy) is 4. The summed E-state index contributed by atoms with van der Waals surface area (Å²) in [6.07, 6.45) is 3.67. The number of aliphatic hydroxyl groups is 2. The van der Waals surface area contributed by atoms with Crippen molar-refractivity contribution < 1.29 is 43.9 Å². The number of methoxy groups -OCH3 is 1. The fraction of sp³-hybridized carbons (Fsp3) is 0.459. The van der Waals surface area contributed by atoms with Gasteiger partial charge in [0.1, 0.15) is 12.2 Å². The van der Waals surface area contributed by atoms with Crippen LogP contribution in [0, 0.1) is 23.7 Å². The number of aromatic hydroxyl groups is 1. The molecule has 2 aromatic rings. The minimum absolute atomic E-state index is 0.0366. The van der Waals surface area contributed by atoms with Crippen LogP contribution in [0.3, 0.4) is 0 Å². The predicted octanol–water partition coefficient (Wildman–Crippen LogP) is 4.58. The summed E-state index contributed by atoms with van der Waals surface area (Å²) in [5.41, 5.74) is 0.201. The van der Waals surface area contributed by atoms with Gasteiger partial charge in [0, 0.05) is 24.2 Å². The van der Waals surface area contributed by atoms with E-state index in [0.29, 0.717) is 23.1 Å². The van der Waals surface area contributed by atoms with Crippen molar-refractivity contribution in [2.75, 3.05) is 13.7 Å². The third-order valence-corrected chi connectivity index (χ3v) is 10.3. The molecule has 8 atom stereocenters. The normalized spacial score (nSPS) is 34.8. The second-order valence-electron chi connectivity index (χ2n) is 13.5. The predicted molar refractivity (Wildman–Crippen MR) is 169 cm³/mol. The molecule has 2 aromatic carbocycles. The quantitative estimate of drug-likeness (QED) is 0.283. The van der Waals surface area contributed by atoms with Gasteiger partial charge in [0.05, 0.1) is 31.7 Å². The van der Waals surface area contributed by atoms with E-state index in [4.69, 9.17) is 18.9 Å². The van der Waals surface area contributed by atoms with Gasteiger partial charge >= 0.3 is 5.97 Å². The average molecular weight is 631 g/mol. The molecule has 1 heterocycles. The number of benzene rings is 2. The highest BCUT2D eigenvalue weighted by atomic mass is 16.8. The lowest BCUT2D eigenvalue weighted by molar-refractivity contribution is -0.476. The molecule has 244 valence electrons. The Labute approximate surface area is 269 Å². The molecule has 0 radical (unpaired) electrons. The van der Waals surface area contributed by atoms with Crippen molar-refractivity contribution >= 4 is 11.8 Å². The van der Waals surface area contributed by atoms with Crippen molar-refractivity contribution in [3.05, 3.63) is 95.1 Å². The number of carbonyl (C=O) groups excluding carboxylic acids is 2. The molecule has 0 spiro atoms. The molecule has 2 bridgehead atoms. The lowest BCUT2D eigenvalue weighted by Crippen LogP contribution is -2.72. The maximum Gasteiger partial charge on any atom is 0.310 e. The standard InChI is InChI=1S/C37H42O9/c1-21(2)27-14-23(4)37-28(33(27)45-36(42,46-37)19-24-9-7-6-8-10-24)15-26(18-35(41)31(37)13-22(3)34(35)40)20-44-32(39)17-25-11-12-29(38)30(16-25)43-5/h6-13,15-16,23,27-28,31,33,38,41-42H,1,14,17-20H2,2-5H3/t23-,27?,28+,31-,33+,35-,36?,37-/m1/s1. The lowest BCUT2D eigenvalue weighted by Gasteiger charge is -2.63. The van der Waals surface area contributed by atoms with Gasteiger partial charge in [-0.25, -0.2) is 0 Å². The number of phenolic OH excluding ortho intramolecular Hbond substituents is 1. The Bertz CT molecular complexity index is 1610. The van der Waals surface area contributed by atoms with Crippen molar-refractivity contribution in [2.45, 2.75) is 69.7 Å². The molecule has 2 fully saturated rings. The molecule has 0 amide bonds. The van der Waals surface area contributed by atoms with E-state index >= 15 is 0 Å². The summed E-state index contributed by atoms with van der Waals surface area (Å²) >= 11 is 0. The largest absolute Gasteiger partial charge is 0.504 e. The SMILES string of the molecule is C=C(C)C1C[C@@H](C)[C@@]23OC(O)(Cc4ccccc4)O[C@@H]1[C@@H]2C=C(COC(=O)Cc1ccc(O)c(OC)c1)C[C@]1(O)C(=O)C(C)=C[C@@H]31. The van der Waals surface area contributed by atoms with Gasteiger partial charge in [-0.05, 0) is 60.6 Å². The van der Waals surface area contributed by atoms with E-state index in [2.05, 4.69) is 6.58 Å². The zero-order valence-corrected chi connectivity index (χ0v) is 26.7. The van der Waals surface area contributed by atoms with Gasteiger partial charge in [0.15, 0.2) is 17.3 Å². The Kier molecular flexibility index (Phi) is 8.26. The fourth-order valence-electron chi connectivity index (χ4n) is 8.21. The van der Waals surface area contributed by atoms with E-state index < -0.39 is 46.9 Å². The molecule has 3 aliphatic carbocycles. The third kappa shape index (κ3) is 5.39. The van der Waals surface area contributed by atoms with Crippen LogP contribution < -0.4 is 4.74 Å². The van der Waals surface area contributed by atoms with Gasteiger partial charge < -0.3 is 34.3 Å². The first kappa shape index (κ1) is 32.2. The second-order valence-corrected chi connectivity index (χ2v) is 13.5. The second kappa shape index (κ2) is 11.8. The highest BCUT2D eigenvalue weighted by Gasteiger charge is 2.71. The Hall–Kier alpha value is -3.76. The summed E-state index contributed by atoms with van der Waals surface area (Å²) in [4.78, 5) is 26.7. The molecule has 9 nitrogen and oxygen atoms in total. The van der Waals surface area contributed by atoms with E-state index in [1.807, 2.05) is 50.3 Å². The van der Waals surface area contributed by atoms with E-state index in [0.717, 1.165) is 11.1 Å². The first-order valence-electron chi connectivity index (χ1n) is 15.8. The molecule has 2 unspecified atom stereocenters. The number of Topliss-reactive ketones (excluding diaryl/α,β-unsaturated/α-hetero) is 1. The van der Waals surface area contributed by atoms with Crippen LogP contribution in [0.15, 0.2) is 84.0 Å². The molecule has 1 aliphatic heterocycles. The van der Waals surface area contributed by atoms with Crippen LogP contribution in [0.5, 0.6) is 11.5 Å². The number of carbonyl (C=O) groups is 2. The van der Waals surface area contributed by atoms with Crippen LogP contribution in [0.1, 0.15) is 44.7 Å². The summed E-state index contributed by atoms with van der Waals surface area (Å²) in [6.45, 7) is 9.77. The number of ketones is 1. The number of phenols is 1. The van der Waals surface area contributed by atoms with Gasteiger partial charge in [-0.2, -0.15) is 0 Å². The number of rotatable bonds is 8. The fourth-order valence-corrected chi connectivity index (χ4v) is 8.21. The molecule has 6 rings (SSSR count). The van der Waals surface area contributed by atoms with Crippen molar-refractivity contribution in [1.82, 2.24) is 0 Å². The van der Waals surface area contributed by atoms with Crippen molar-refractivity contribution in [3.8, 4) is 11.5 Å². The maximum absolute atomic E-state index is 13.7. The zero-order valence-electron chi connectivity index (χ0n) is 26.7. The molecule has 9 heteroatoms. The van der Waals surface area contributed by atoms with Gasteiger partial charge in [-0.15, -0.1) is 0 Å². The van der Waals surface area contributed by atoms with E-state index in [1.165, 1.54) is 13.2 Å². The van der Waals surface area contributed by atoms with E-state index in [1.54, 1.807) is 25.1 Å². The first-order valence-corrected chi connectivity index (χ1v) is 15.8. The van der Waals surface area contributed by atoms with Crippen molar-refractivity contribution in [1.29, 1.82) is 0 Å². The molecular weight excluding hydrogens is 588 g/mol. The number of hydrogen-bond acceptors (Lipinski definition) is 9. The van der Waals surface area contributed by atoms with Crippen LogP contribution in [0.25, 0.3) is 0 Å². The Balaban J connectivity index is 1.38. The van der Waals surface area contributed by atoms with Crippen LogP contribution in [-0.2, 0) is 36.6 Å². The molecule has 1 saturated heterocycles. The zero-order chi connectivity index (χ0) is 33.0. The number of hydrogen-bond donors (Lipinski definition) is 3. The van der Waals surface area contributed by atoms with Gasteiger partial charge in [0.2, 0.25) is 0 Å². The molecule has 46 heavy (non-hydrogen) atoms. The topological polar surface area (TPSA) is 132 Å². The van der Waals surface area contributed by atoms with Crippen LogP contribution >= 0.6 is 0 Å². The smallest absolute Gasteiger partial charge is 0.310 e. The summed E-state index contributed by atoms with van der Waals surface area (Å²) in [6, 6.07) is 14.0. The Morgan fingerprint density at radius 3 is 2.54 bits per heavy atom. The molecule has 4 aliphatic rings. The third-order valence-electron chi connectivity index (χ3n) is 10.3. The first-order chi connectivity index (χ1) is 21.8. The van der Waals surface area contributed by atoms with Gasteiger partial charge in [-0.3, -0.25) is 9.59 Å². The lowest BCUT2D eigenvalue weighted by atomic mass is 9.55. The summed E-state index contributed by atoms with van der Waals surface area (Å²) in [5.74, 6) is -4.42.